The molecular weight excluding hydrogens is 392 g/mol. The first-order valence-electron chi connectivity index (χ1n) is 8.78. The number of halogens is 4. The maximum absolute atomic E-state index is 12.9. The topological polar surface area (TPSA) is 58.6 Å². The highest BCUT2D eigenvalue weighted by Crippen LogP contribution is 2.30. The molecule has 0 aliphatic rings. The summed E-state index contributed by atoms with van der Waals surface area (Å²) in [6.45, 7) is 1.51. The molecule has 0 saturated carbocycles. The molecule has 0 fully saturated rings. The minimum atomic E-state index is -4.45. The summed E-state index contributed by atoms with van der Waals surface area (Å²) >= 11 is 0. The molecule has 2 amide bonds. The molecule has 29 heavy (non-hydrogen) atoms. The summed E-state index contributed by atoms with van der Waals surface area (Å²) in [6, 6.07) is 9.61. The number of nitrogens with zero attached hydrogens (tertiary/aromatic N) is 1. The summed E-state index contributed by atoms with van der Waals surface area (Å²) in [7, 11) is 0. The molecule has 2 aromatic rings. The molecular formula is C20H20F4N2O3. The molecule has 9 heteroatoms. The lowest BCUT2D eigenvalue weighted by molar-refractivity contribution is -0.138. The van der Waals surface area contributed by atoms with Crippen LogP contribution in [0, 0.1) is 5.82 Å². The Hall–Kier alpha value is -3.10. The van der Waals surface area contributed by atoms with Gasteiger partial charge in [0.2, 0.25) is 5.91 Å². The number of nitrogens with one attached hydrogen (secondary N) is 1. The molecule has 5 nitrogen and oxygen atoms in total. The van der Waals surface area contributed by atoms with Gasteiger partial charge in [0.05, 0.1) is 12.1 Å². The van der Waals surface area contributed by atoms with E-state index in [1.807, 2.05) is 0 Å². The van der Waals surface area contributed by atoms with Crippen LogP contribution in [-0.4, -0.2) is 36.4 Å². The van der Waals surface area contributed by atoms with E-state index >= 15 is 0 Å². The molecule has 2 aromatic carbocycles. The predicted molar refractivity (Wildman–Crippen MR) is 97.4 cm³/mol. The van der Waals surface area contributed by atoms with Gasteiger partial charge >= 0.3 is 6.18 Å². The van der Waals surface area contributed by atoms with Gasteiger partial charge in [0, 0.05) is 13.1 Å². The molecule has 0 aromatic heterocycles. The molecule has 0 aliphatic carbocycles. The van der Waals surface area contributed by atoms with Gasteiger partial charge in [0.1, 0.15) is 11.6 Å². The average Bonchev–Trinajstić information content (AvgIpc) is 2.69. The van der Waals surface area contributed by atoms with Gasteiger partial charge in [-0.15, -0.1) is 0 Å². The Morgan fingerprint density at radius 3 is 2.21 bits per heavy atom. The molecule has 0 bridgehead atoms. The van der Waals surface area contributed by atoms with E-state index < -0.39 is 30.2 Å². The van der Waals surface area contributed by atoms with E-state index in [9.17, 15) is 27.2 Å². The van der Waals surface area contributed by atoms with Gasteiger partial charge in [-0.1, -0.05) is 12.1 Å². The zero-order valence-corrected chi connectivity index (χ0v) is 15.6. The highest BCUT2D eigenvalue weighted by molar-refractivity contribution is 5.85. The Morgan fingerprint density at radius 2 is 1.66 bits per heavy atom. The van der Waals surface area contributed by atoms with Gasteiger partial charge in [-0.25, -0.2) is 4.39 Å². The van der Waals surface area contributed by atoms with Crippen molar-refractivity contribution in [3.05, 3.63) is 65.5 Å². The van der Waals surface area contributed by atoms with E-state index in [4.69, 9.17) is 4.74 Å². The summed E-state index contributed by atoms with van der Waals surface area (Å²) in [5, 5.41) is 2.63. The maximum Gasteiger partial charge on any atom is 0.416 e. The minimum Gasteiger partial charge on any atom is -0.484 e. The average molecular weight is 412 g/mol. The Balaban J connectivity index is 1.81. The molecule has 0 atom stereocenters. The lowest BCUT2D eigenvalue weighted by Gasteiger charge is -2.20. The summed E-state index contributed by atoms with van der Waals surface area (Å²) < 4.78 is 55.7. The van der Waals surface area contributed by atoms with Crippen LogP contribution in [0.1, 0.15) is 18.1 Å². The van der Waals surface area contributed by atoms with Crippen LogP contribution < -0.4 is 10.1 Å². The van der Waals surface area contributed by atoms with E-state index in [0.717, 1.165) is 24.3 Å². The van der Waals surface area contributed by atoms with Crippen molar-refractivity contribution in [3.8, 4) is 5.75 Å². The number of amides is 2. The smallest absolute Gasteiger partial charge is 0.416 e. The fourth-order valence-corrected chi connectivity index (χ4v) is 2.38. The van der Waals surface area contributed by atoms with Crippen molar-refractivity contribution in [1.29, 1.82) is 0 Å². The third-order valence-electron chi connectivity index (χ3n) is 4.02. The van der Waals surface area contributed by atoms with Crippen LogP contribution in [0.4, 0.5) is 17.6 Å². The van der Waals surface area contributed by atoms with Gasteiger partial charge in [0.25, 0.3) is 5.91 Å². The van der Waals surface area contributed by atoms with Crippen LogP contribution >= 0.6 is 0 Å². The number of hydrogen-bond acceptors (Lipinski definition) is 3. The number of alkyl halides is 3. The molecule has 1 N–H and O–H groups in total. The van der Waals surface area contributed by atoms with Gasteiger partial charge in [-0.05, 0) is 48.9 Å². The van der Waals surface area contributed by atoms with Gasteiger partial charge in [-0.2, -0.15) is 13.2 Å². The summed E-state index contributed by atoms with van der Waals surface area (Å²) in [4.78, 5) is 25.5. The van der Waals surface area contributed by atoms with Crippen molar-refractivity contribution >= 4 is 11.8 Å². The fourth-order valence-electron chi connectivity index (χ4n) is 2.38. The number of carbonyl (C=O) groups excluding carboxylic acids is 2. The van der Waals surface area contributed by atoms with Crippen LogP contribution in [0.25, 0.3) is 0 Å². The van der Waals surface area contributed by atoms with Gasteiger partial charge in [-0.3, -0.25) is 9.59 Å². The number of rotatable bonds is 8. The number of carbonyl (C=O) groups is 2. The summed E-state index contributed by atoms with van der Waals surface area (Å²) in [5.41, 5.74) is -0.107. The van der Waals surface area contributed by atoms with Crippen molar-refractivity contribution in [2.24, 2.45) is 0 Å². The Morgan fingerprint density at radius 1 is 1.03 bits per heavy atom. The first kappa shape index (κ1) is 22.2. The highest BCUT2D eigenvalue weighted by Gasteiger charge is 2.30. The predicted octanol–water partition coefficient (Wildman–Crippen LogP) is 3.39. The zero-order valence-electron chi connectivity index (χ0n) is 15.6. The Kier molecular flexibility index (Phi) is 7.58. The maximum atomic E-state index is 12.9. The van der Waals surface area contributed by atoms with Gasteiger partial charge in [0.15, 0.2) is 6.61 Å². The van der Waals surface area contributed by atoms with Crippen molar-refractivity contribution in [2.75, 3.05) is 19.7 Å². The Bertz CT molecular complexity index is 821. The normalized spacial score (nSPS) is 11.1. The second-order valence-electron chi connectivity index (χ2n) is 6.12. The number of benzene rings is 2. The van der Waals surface area contributed by atoms with E-state index in [-0.39, 0.29) is 31.2 Å². The number of likely N-dealkylation sites (N-methyl/N-ethyl adjacent to an activating group) is 1. The van der Waals surface area contributed by atoms with Crippen LogP contribution in [-0.2, 0) is 22.3 Å². The molecule has 0 spiro atoms. The Labute approximate surface area is 165 Å². The quantitative estimate of drug-likeness (QED) is 0.677. The largest absolute Gasteiger partial charge is 0.484 e. The van der Waals surface area contributed by atoms with Crippen molar-refractivity contribution in [3.63, 3.8) is 0 Å². The van der Waals surface area contributed by atoms with Crippen LogP contribution in [0.2, 0.25) is 0 Å². The van der Waals surface area contributed by atoms with E-state index in [1.165, 1.54) is 29.2 Å². The first-order valence-corrected chi connectivity index (χ1v) is 8.78. The van der Waals surface area contributed by atoms with Crippen molar-refractivity contribution < 1.29 is 31.9 Å². The van der Waals surface area contributed by atoms with Crippen LogP contribution in [0.5, 0.6) is 5.75 Å². The molecule has 2 rings (SSSR count). The van der Waals surface area contributed by atoms with Crippen LogP contribution in [0.15, 0.2) is 48.5 Å². The van der Waals surface area contributed by atoms with E-state index in [0.29, 0.717) is 5.56 Å². The number of hydrogen-bond donors (Lipinski definition) is 1. The van der Waals surface area contributed by atoms with E-state index in [1.54, 1.807) is 6.92 Å². The molecule has 0 aliphatic heterocycles. The number of ether oxygens (including phenoxy) is 1. The molecule has 156 valence electrons. The SMILES string of the molecule is CCN(CC(=O)NCc1ccc(F)cc1)C(=O)COc1ccc(C(F)(F)F)cc1. The highest BCUT2D eigenvalue weighted by atomic mass is 19.4. The molecule has 0 saturated heterocycles. The fraction of sp³-hybridized carbons (Fsp3) is 0.300. The van der Waals surface area contributed by atoms with Crippen molar-refractivity contribution in [1.82, 2.24) is 10.2 Å². The van der Waals surface area contributed by atoms with Crippen LogP contribution in [0.3, 0.4) is 0 Å². The molecule has 0 radical (unpaired) electrons. The lowest BCUT2D eigenvalue weighted by atomic mass is 10.2. The summed E-state index contributed by atoms with van der Waals surface area (Å²) in [6.07, 6.45) is -4.45. The molecule has 0 unspecified atom stereocenters. The summed E-state index contributed by atoms with van der Waals surface area (Å²) in [5.74, 6) is -1.15. The van der Waals surface area contributed by atoms with Gasteiger partial charge < -0.3 is 15.0 Å². The molecule has 0 heterocycles. The first-order chi connectivity index (χ1) is 13.7. The third kappa shape index (κ3) is 7.10. The minimum absolute atomic E-state index is 0.114. The third-order valence-corrected chi connectivity index (χ3v) is 4.02. The van der Waals surface area contributed by atoms with E-state index in [2.05, 4.69) is 5.32 Å². The second kappa shape index (κ2) is 9.90. The zero-order chi connectivity index (χ0) is 21.4. The lowest BCUT2D eigenvalue weighted by Crippen LogP contribution is -2.42. The van der Waals surface area contributed by atoms with Crippen molar-refractivity contribution in [2.45, 2.75) is 19.6 Å². The second-order valence-corrected chi connectivity index (χ2v) is 6.12. The monoisotopic (exact) mass is 412 g/mol. The standard InChI is InChI=1S/C20H20F4N2O3/c1-2-26(12-18(27)25-11-14-3-7-16(21)8-4-14)19(28)13-29-17-9-5-15(6-10-17)20(22,23)24/h3-10H,2,11-13H2,1H3,(H,25,27).